The molecule has 0 radical (unpaired) electrons. The second kappa shape index (κ2) is 9.20. The highest BCUT2D eigenvalue weighted by Crippen LogP contribution is 2.50. The zero-order valence-corrected chi connectivity index (χ0v) is 20.1. The van der Waals surface area contributed by atoms with Gasteiger partial charge in [0, 0.05) is 12.8 Å². The zero-order chi connectivity index (χ0) is 18.2. The van der Waals surface area contributed by atoms with Gasteiger partial charge in [0.2, 0.25) is 0 Å². The van der Waals surface area contributed by atoms with Crippen LogP contribution in [0.25, 0.3) is 0 Å². The van der Waals surface area contributed by atoms with E-state index >= 15 is 0 Å². The second-order valence-electron chi connectivity index (χ2n) is 11.1. The molecule has 0 aromatic heterocycles. The molecule has 0 amide bonds. The predicted molar refractivity (Wildman–Crippen MR) is 109 cm³/mol. The largest absolute Gasteiger partial charge is 1.00 e. The Morgan fingerprint density at radius 1 is 0.704 bits per heavy atom. The van der Waals surface area contributed by atoms with Gasteiger partial charge >= 0.3 is 0 Å². The molecule has 2 aliphatic carbocycles. The van der Waals surface area contributed by atoms with Crippen LogP contribution in [0.5, 0.6) is 0 Å². The molecule has 1 N–H and O–H groups in total. The van der Waals surface area contributed by atoms with Gasteiger partial charge in [-0.1, -0.05) is 38.5 Å². The Kier molecular flexibility index (Phi) is 7.61. The highest BCUT2D eigenvalue weighted by Gasteiger charge is 2.50. The average Bonchev–Trinajstić information content (AvgIpc) is 2.64. The summed E-state index contributed by atoms with van der Waals surface area (Å²) >= 11 is 0. The molecule has 2 nitrogen and oxygen atoms in total. The smallest absolute Gasteiger partial charge is 0.0891 e. The van der Waals surface area contributed by atoms with E-state index in [0.717, 1.165) is 24.4 Å². The molecule has 4 fully saturated rings. The first kappa shape index (κ1) is 22.3. The van der Waals surface area contributed by atoms with Crippen molar-refractivity contribution < 1.29 is 33.6 Å². The predicted octanol–water partition coefficient (Wildman–Crippen LogP) is 2.68. The monoisotopic (exact) mass is 489 g/mol. The van der Waals surface area contributed by atoms with Crippen LogP contribution in [-0.2, 0) is 0 Å². The first-order chi connectivity index (χ1) is 12.5. The van der Waals surface area contributed by atoms with Crippen molar-refractivity contribution in [1.29, 1.82) is 0 Å². The van der Waals surface area contributed by atoms with Gasteiger partial charge < -0.3 is 33.6 Å². The third kappa shape index (κ3) is 4.55. The Morgan fingerprint density at radius 2 is 1.15 bits per heavy atom. The lowest BCUT2D eigenvalue weighted by Gasteiger charge is -2.55. The summed E-state index contributed by atoms with van der Waals surface area (Å²) in [6.45, 7) is 0. The summed E-state index contributed by atoms with van der Waals surface area (Å²) in [7, 11) is 4.97. The van der Waals surface area contributed by atoms with Gasteiger partial charge in [0.05, 0.1) is 31.8 Å². The first-order valence-corrected chi connectivity index (χ1v) is 12.1. The number of hydrogen-bond acceptors (Lipinski definition) is 1. The minimum Gasteiger partial charge on any atom is -1.00 e. The molecule has 2 atom stereocenters. The number of fused-ring (bicyclic) bond motifs is 2. The van der Waals surface area contributed by atoms with Gasteiger partial charge in [-0.2, -0.15) is 0 Å². The van der Waals surface area contributed by atoms with Crippen molar-refractivity contribution in [2.45, 2.75) is 120 Å². The fourth-order valence-electron chi connectivity index (χ4n) is 7.70. The lowest BCUT2D eigenvalue weighted by Crippen LogP contribution is -3.00. The van der Waals surface area contributed by atoms with Crippen LogP contribution >= 0.6 is 0 Å². The standard InChI is InChI=1S/C24H44NO.HI/c1-25(2)22-14-9-15-23(25)17-19(16-22)18-24(26,20-10-5-3-6-11-20)21-12-7-4-8-13-21;/h19-23,26H,3-18H2,1-2H3;1H/q+1;/p-1. The number of piperidine rings is 2. The van der Waals surface area contributed by atoms with E-state index in [9.17, 15) is 5.11 Å². The van der Waals surface area contributed by atoms with E-state index in [0.29, 0.717) is 11.8 Å². The van der Waals surface area contributed by atoms with E-state index in [4.69, 9.17) is 0 Å². The van der Waals surface area contributed by atoms with Crippen molar-refractivity contribution >= 4 is 0 Å². The minimum atomic E-state index is -0.339. The molecule has 2 bridgehead atoms. The van der Waals surface area contributed by atoms with Crippen molar-refractivity contribution in [3.63, 3.8) is 0 Å². The van der Waals surface area contributed by atoms with E-state index < -0.39 is 0 Å². The molecule has 2 saturated carbocycles. The quantitative estimate of drug-likeness (QED) is 0.476. The molecule has 3 heteroatoms. The fraction of sp³-hybridized carbons (Fsp3) is 1.00. The van der Waals surface area contributed by atoms with Crippen molar-refractivity contribution in [2.24, 2.45) is 17.8 Å². The molecule has 2 unspecified atom stereocenters. The highest BCUT2D eigenvalue weighted by molar-refractivity contribution is 4.98. The molecule has 0 aromatic rings. The lowest BCUT2D eigenvalue weighted by molar-refractivity contribution is -0.950. The molecule has 4 rings (SSSR count). The normalized spacial score (nSPS) is 35.4. The molecule has 2 saturated heterocycles. The van der Waals surface area contributed by atoms with Crippen LogP contribution in [0.3, 0.4) is 0 Å². The number of aliphatic hydroxyl groups is 1. The summed E-state index contributed by atoms with van der Waals surface area (Å²) in [5.74, 6) is 1.98. The Labute approximate surface area is 185 Å². The van der Waals surface area contributed by atoms with Gasteiger partial charge in [-0.05, 0) is 69.1 Å². The van der Waals surface area contributed by atoms with Gasteiger partial charge in [0.25, 0.3) is 0 Å². The summed E-state index contributed by atoms with van der Waals surface area (Å²) < 4.78 is 1.27. The fourth-order valence-corrected chi connectivity index (χ4v) is 7.70. The molecule has 0 aromatic carbocycles. The Balaban J connectivity index is 0.00000210. The topological polar surface area (TPSA) is 20.2 Å². The molecular weight excluding hydrogens is 445 g/mol. The van der Waals surface area contributed by atoms with Crippen LogP contribution in [0.1, 0.15) is 103 Å². The van der Waals surface area contributed by atoms with Crippen molar-refractivity contribution in [1.82, 2.24) is 0 Å². The maximum absolute atomic E-state index is 12.2. The SMILES string of the molecule is C[N+]1(C)C2CCCC1CC(CC(O)(C1CCCCC1)C1CCCCC1)C2.[I-]. The summed E-state index contributed by atoms with van der Waals surface area (Å²) in [4.78, 5) is 0. The van der Waals surface area contributed by atoms with Gasteiger partial charge in [-0.25, -0.2) is 0 Å². The molecule has 0 spiro atoms. The second-order valence-corrected chi connectivity index (χ2v) is 11.1. The summed E-state index contributed by atoms with van der Waals surface area (Å²) in [6.07, 6.45) is 21.6. The van der Waals surface area contributed by atoms with Crippen LogP contribution in [0.15, 0.2) is 0 Å². The Bertz CT molecular complexity index is 433. The molecular formula is C24H44INO. The number of hydrogen-bond donors (Lipinski definition) is 1. The van der Waals surface area contributed by atoms with E-state index in [1.165, 1.54) is 101 Å². The first-order valence-electron chi connectivity index (χ1n) is 12.1. The number of nitrogens with zero attached hydrogens (tertiary/aromatic N) is 1. The van der Waals surface area contributed by atoms with E-state index in [1.54, 1.807) is 0 Å². The summed E-state index contributed by atoms with van der Waals surface area (Å²) in [6, 6.07) is 1.71. The lowest BCUT2D eigenvalue weighted by atomic mass is 9.61. The maximum atomic E-state index is 12.2. The van der Waals surface area contributed by atoms with E-state index in [2.05, 4.69) is 14.1 Å². The Morgan fingerprint density at radius 3 is 1.59 bits per heavy atom. The van der Waals surface area contributed by atoms with Gasteiger partial charge in [0.1, 0.15) is 0 Å². The van der Waals surface area contributed by atoms with Crippen molar-refractivity contribution in [3.05, 3.63) is 0 Å². The third-order valence-electron chi connectivity index (χ3n) is 9.41. The summed E-state index contributed by atoms with van der Waals surface area (Å²) in [5, 5.41) is 12.2. The van der Waals surface area contributed by atoms with Crippen LogP contribution in [0.2, 0.25) is 0 Å². The van der Waals surface area contributed by atoms with E-state index in [1.807, 2.05) is 0 Å². The van der Waals surface area contributed by atoms with E-state index in [-0.39, 0.29) is 29.6 Å². The highest BCUT2D eigenvalue weighted by atomic mass is 127. The zero-order valence-electron chi connectivity index (χ0n) is 18.0. The van der Waals surface area contributed by atoms with Crippen LogP contribution < -0.4 is 24.0 Å². The van der Waals surface area contributed by atoms with Crippen LogP contribution in [0, 0.1) is 17.8 Å². The van der Waals surface area contributed by atoms with Gasteiger partial charge in [-0.15, -0.1) is 0 Å². The van der Waals surface area contributed by atoms with Crippen LogP contribution in [0.4, 0.5) is 0 Å². The van der Waals surface area contributed by atoms with Gasteiger partial charge in [-0.3, -0.25) is 0 Å². The number of halogens is 1. The molecule has 2 aliphatic heterocycles. The maximum Gasteiger partial charge on any atom is 0.0891 e. The average molecular weight is 490 g/mol. The molecule has 4 aliphatic rings. The minimum absolute atomic E-state index is 0. The van der Waals surface area contributed by atoms with Crippen molar-refractivity contribution in [3.8, 4) is 0 Å². The third-order valence-corrected chi connectivity index (χ3v) is 9.41. The van der Waals surface area contributed by atoms with Crippen LogP contribution in [-0.4, -0.2) is 41.4 Å². The summed E-state index contributed by atoms with van der Waals surface area (Å²) in [5.41, 5.74) is -0.339. The molecule has 158 valence electrons. The van der Waals surface area contributed by atoms with Crippen molar-refractivity contribution in [2.75, 3.05) is 14.1 Å². The molecule has 27 heavy (non-hydrogen) atoms. The Hall–Kier alpha value is 0.650. The molecule has 2 heterocycles. The number of quaternary nitrogens is 1. The number of rotatable bonds is 4. The van der Waals surface area contributed by atoms with Gasteiger partial charge in [0.15, 0.2) is 0 Å².